The minimum atomic E-state index is -0.719. The van der Waals surface area contributed by atoms with Crippen LogP contribution < -0.4 is 5.43 Å². The van der Waals surface area contributed by atoms with E-state index in [2.05, 4.69) is 4.98 Å². The number of rotatable bonds is 3. The summed E-state index contributed by atoms with van der Waals surface area (Å²) in [7, 11) is 0. The molecule has 0 aliphatic carbocycles. The first-order chi connectivity index (χ1) is 11.1. The molecule has 0 radical (unpaired) electrons. The van der Waals surface area contributed by atoms with Gasteiger partial charge in [-0.15, -0.1) is 0 Å². The summed E-state index contributed by atoms with van der Waals surface area (Å²) in [6.45, 7) is 1.82. The molecule has 0 aliphatic heterocycles. The van der Waals surface area contributed by atoms with Gasteiger partial charge in [0.2, 0.25) is 5.43 Å². The van der Waals surface area contributed by atoms with Crippen molar-refractivity contribution in [1.82, 2.24) is 4.98 Å². The highest BCUT2D eigenvalue weighted by atomic mass is 19.1. The molecular weight excluding hydrogens is 297 g/mol. The average molecular weight is 311 g/mol. The molecule has 0 bridgehead atoms. The van der Waals surface area contributed by atoms with E-state index in [0.717, 1.165) is 6.07 Å². The van der Waals surface area contributed by atoms with E-state index in [1.165, 1.54) is 6.20 Å². The molecule has 3 rings (SSSR count). The number of hydrogen-bond donors (Lipinski definition) is 1. The third-order valence-corrected chi connectivity index (χ3v) is 3.55. The van der Waals surface area contributed by atoms with Gasteiger partial charge in [0.1, 0.15) is 11.4 Å². The third kappa shape index (κ3) is 2.73. The molecule has 0 saturated heterocycles. The number of aromatic amines is 1. The molecule has 1 aromatic heterocycles. The highest BCUT2D eigenvalue weighted by Gasteiger charge is 2.16. The molecule has 0 fully saturated rings. The lowest BCUT2D eigenvalue weighted by Crippen LogP contribution is -2.18. The second-order valence-corrected chi connectivity index (χ2v) is 5.00. The normalized spacial score (nSPS) is 10.7. The summed E-state index contributed by atoms with van der Waals surface area (Å²) in [6.07, 6.45) is 1.30. The number of pyridine rings is 1. The van der Waals surface area contributed by atoms with E-state index in [4.69, 9.17) is 4.74 Å². The van der Waals surface area contributed by atoms with Crippen LogP contribution in [0.3, 0.4) is 0 Å². The van der Waals surface area contributed by atoms with Gasteiger partial charge in [-0.25, -0.2) is 9.18 Å². The number of carbonyl (C=O) groups is 1. The smallest absolute Gasteiger partial charge is 0.343 e. The maximum Gasteiger partial charge on any atom is 0.343 e. The molecule has 5 heteroatoms. The van der Waals surface area contributed by atoms with Gasteiger partial charge in [0, 0.05) is 17.1 Å². The summed E-state index contributed by atoms with van der Waals surface area (Å²) < 4.78 is 19.2. The van der Waals surface area contributed by atoms with Crippen molar-refractivity contribution in [2.24, 2.45) is 0 Å². The van der Waals surface area contributed by atoms with E-state index in [9.17, 15) is 14.0 Å². The quantitative estimate of drug-likeness (QED) is 0.753. The van der Waals surface area contributed by atoms with Gasteiger partial charge in [-0.1, -0.05) is 30.3 Å². The number of benzene rings is 2. The Hall–Kier alpha value is -2.95. The number of nitrogens with one attached hydrogen (secondary N) is 1. The molecule has 1 heterocycles. The van der Waals surface area contributed by atoms with Gasteiger partial charge >= 0.3 is 5.97 Å². The number of ether oxygens (including phenoxy) is 1. The van der Waals surface area contributed by atoms with Gasteiger partial charge in [0.15, 0.2) is 0 Å². The van der Waals surface area contributed by atoms with Crippen LogP contribution in [0.15, 0.2) is 53.5 Å². The molecule has 3 aromatic rings. The second kappa shape index (κ2) is 6.04. The van der Waals surface area contributed by atoms with Crippen LogP contribution in [0.25, 0.3) is 22.0 Å². The van der Waals surface area contributed by atoms with Crippen molar-refractivity contribution in [3.8, 4) is 11.1 Å². The van der Waals surface area contributed by atoms with Crippen molar-refractivity contribution in [2.45, 2.75) is 6.92 Å². The molecule has 4 nitrogen and oxygen atoms in total. The van der Waals surface area contributed by atoms with E-state index < -0.39 is 17.2 Å². The Balaban J connectivity index is 2.18. The minimum Gasteiger partial charge on any atom is -0.462 e. The summed E-state index contributed by atoms with van der Waals surface area (Å²) in [5, 5.41) is 0.118. The Kier molecular flexibility index (Phi) is 3.93. The van der Waals surface area contributed by atoms with Gasteiger partial charge in [0.05, 0.1) is 12.1 Å². The highest BCUT2D eigenvalue weighted by Crippen LogP contribution is 2.25. The number of carbonyl (C=O) groups excluding carboxylic acids is 1. The Morgan fingerprint density at radius 2 is 1.96 bits per heavy atom. The molecule has 0 saturated carbocycles. The lowest BCUT2D eigenvalue weighted by Gasteiger charge is -2.07. The van der Waals surface area contributed by atoms with Crippen LogP contribution in [-0.2, 0) is 4.74 Å². The number of aromatic nitrogens is 1. The van der Waals surface area contributed by atoms with Crippen molar-refractivity contribution in [3.63, 3.8) is 0 Å². The number of H-pyrrole nitrogens is 1. The van der Waals surface area contributed by atoms with Gasteiger partial charge in [-0.2, -0.15) is 0 Å². The zero-order valence-corrected chi connectivity index (χ0v) is 12.4. The van der Waals surface area contributed by atoms with Gasteiger partial charge in [0.25, 0.3) is 0 Å². The maximum absolute atomic E-state index is 14.4. The van der Waals surface area contributed by atoms with Crippen LogP contribution in [0.5, 0.6) is 0 Å². The van der Waals surface area contributed by atoms with Crippen molar-refractivity contribution in [2.75, 3.05) is 6.61 Å². The lowest BCUT2D eigenvalue weighted by atomic mass is 10.0. The Morgan fingerprint density at radius 1 is 1.22 bits per heavy atom. The van der Waals surface area contributed by atoms with E-state index in [1.54, 1.807) is 25.1 Å². The molecular formula is C18H14FNO3. The minimum absolute atomic E-state index is 0.118. The largest absolute Gasteiger partial charge is 0.462 e. The first-order valence-corrected chi connectivity index (χ1v) is 7.19. The maximum atomic E-state index is 14.4. The molecule has 2 aromatic carbocycles. The van der Waals surface area contributed by atoms with Gasteiger partial charge < -0.3 is 9.72 Å². The first kappa shape index (κ1) is 15.0. The molecule has 0 amide bonds. The highest BCUT2D eigenvalue weighted by molar-refractivity contribution is 5.94. The standard InChI is InChI=1S/C18H14FNO3/c1-2-23-18(22)14-10-20-16-9-12(11-6-4-3-5-7-11)15(19)8-13(16)17(14)21/h3-10H,2H2,1H3,(H,20,21). The number of halogens is 1. The molecule has 0 atom stereocenters. The number of fused-ring (bicyclic) bond motifs is 1. The van der Waals surface area contributed by atoms with Crippen molar-refractivity contribution in [3.05, 3.63) is 70.3 Å². The fourth-order valence-electron chi connectivity index (χ4n) is 2.44. The van der Waals surface area contributed by atoms with Gasteiger partial charge in [-0.05, 0) is 24.6 Å². The lowest BCUT2D eigenvalue weighted by molar-refractivity contribution is 0.0524. The Labute approximate surface area is 131 Å². The summed E-state index contributed by atoms with van der Waals surface area (Å²) in [4.78, 5) is 27.0. The summed E-state index contributed by atoms with van der Waals surface area (Å²) >= 11 is 0. The zero-order chi connectivity index (χ0) is 16.4. The van der Waals surface area contributed by atoms with E-state index in [0.29, 0.717) is 16.6 Å². The van der Waals surface area contributed by atoms with E-state index in [1.807, 2.05) is 18.2 Å². The molecule has 0 spiro atoms. The fraction of sp³-hybridized carbons (Fsp3) is 0.111. The van der Waals surface area contributed by atoms with Crippen LogP contribution in [0.1, 0.15) is 17.3 Å². The predicted octanol–water partition coefficient (Wildman–Crippen LogP) is 3.51. The van der Waals surface area contributed by atoms with Crippen molar-refractivity contribution >= 4 is 16.9 Å². The second-order valence-electron chi connectivity index (χ2n) is 5.00. The average Bonchev–Trinajstić information content (AvgIpc) is 2.56. The molecule has 1 N–H and O–H groups in total. The summed E-state index contributed by atoms with van der Waals surface area (Å²) in [6, 6.07) is 11.8. The fourth-order valence-corrected chi connectivity index (χ4v) is 2.44. The van der Waals surface area contributed by atoms with Crippen molar-refractivity contribution < 1.29 is 13.9 Å². The summed E-state index contributed by atoms with van der Waals surface area (Å²) in [5.41, 5.74) is 0.880. The predicted molar refractivity (Wildman–Crippen MR) is 85.9 cm³/mol. The van der Waals surface area contributed by atoms with Crippen LogP contribution in [0.4, 0.5) is 4.39 Å². The van der Waals surface area contributed by atoms with Crippen LogP contribution in [0, 0.1) is 5.82 Å². The zero-order valence-electron chi connectivity index (χ0n) is 12.4. The third-order valence-electron chi connectivity index (χ3n) is 3.55. The Bertz CT molecular complexity index is 932. The van der Waals surface area contributed by atoms with Crippen LogP contribution in [-0.4, -0.2) is 17.6 Å². The SMILES string of the molecule is CCOC(=O)c1c[nH]c2cc(-c3ccccc3)c(F)cc2c1=O. The number of esters is 1. The van der Waals surface area contributed by atoms with Crippen LogP contribution in [0.2, 0.25) is 0 Å². The van der Waals surface area contributed by atoms with E-state index >= 15 is 0 Å². The van der Waals surface area contributed by atoms with E-state index in [-0.39, 0.29) is 17.6 Å². The number of hydrogen-bond acceptors (Lipinski definition) is 3. The first-order valence-electron chi connectivity index (χ1n) is 7.19. The Morgan fingerprint density at radius 3 is 2.65 bits per heavy atom. The molecule has 0 aliphatic rings. The van der Waals surface area contributed by atoms with Crippen LogP contribution >= 0.6 is 0 Å². The monoisotopic (exact) mass is 311 g/mol. The topological polar surface area (TPSA) is 59.2 Å². The summed E-state index contributed by atoms with van der Waals surface area (Å²) in [5.74, 6) is -1.24. The molecule has 0 unspecified atom stereocenters. The van der Waals surface area contributed by atoms with Gasteiger partial charge in [-0.3, -0.25) is 4.79 Å². The molecule has 23 heavy (non-hydrogen) atoms. The van der Waals surface area contributed by atoms with Crippen molar-refractivity contribution in [1.29, 1.82) is 0 Å². The molecule has 116 valence electrons.